The van der Waals surface area contributed by atoms with Gasteiger partial charge in [-0.1, -0.05) is 202 Å². The van der Waals surface area contributed by atoms with Gasteiger partial charge in [0.25, 0.3) is 0 Å². The zero-order chi connectivity index (χ0) is 43.6. The number of hydrogen-bond acceptors (Lipinski definition) is 5. The van der Waals surface area contributed by atoms with Gasteiger partial charge in [0.15, 0.2) is 0 Å². The first-order valence-corrected chi connectivity index (χ1v) is 25.3. The first-order valence-electron chi connectivity index (χ1n) is 23.8. The van der Waals surface area contributed by atoms with Gasteiger partial charge < -0.3 is 19.8 Å². The summed E-state index contributed by atoms with van der Waals surface area (Å²) in [7, 11) is 1.56. The molecule has 0 aliphatic carbocycles. The third kappa shape index (κ3) is 43.8. The van der Waals surface area contributed by atoms with Crippen LogP contribution in [0.4, 0.5) is 0 Å². The molecule has 0 fully saturated rings. The standard InChI is InChI=1S/C50H91N2O6P/c1-6-8-10-12-14-16-18-20-22-24-26-28-30-32-34-36-38-40-42-44-50(54)51-48(47-58-59(55,56)57-46-45-52(3,4)5)49(53)43-41-39-37-35-33-31-29-27-25-23-21-19-17-15-13-11-9-7-2/h8,10,14,16,20,22,26,28,32,34,38,40,48-49,53H,6-7,9,11-13,15,17-19,21,23-25,27,29-31,33,35-37,39,41-47H2,1-5H3,(H-,51,54,55,56)/p+1/b10-8-,16-14-,22-20-,28-26-,34-32-,40-38-. The number of nitrogens with one attached hydrogen (secondary N) is 1. The monoisotopic (exact) mass is 848 g/mol. The Morgan fingerprint density at radius 3 is 1.39 bits per heavy atom. The topological polar surface area (TPSA) is 105 Å². The fraction of sp³-hybridized carbons (Fsp3) is 0.740. The highest BCUT2D eigenvalue weighted by Crippen LogP contribution is 2.43. The van der Waals surface area contributed by atoms with Crippen LogP contribution in [-0.4, -0.2) is 73.4 Å². The van der Waals surface area contributed by atoms with Gasteiger partial charge in [0.05, 0.1) is 39.9 Å². The van der Waals surface area contributed by atoms with Gasteiger partial charge in [-0.25, -0.2) is 4.57 Å². The van der Waals surface area contributed by atoms with Crippen LogP contribution < -0.4 is 5.32 Å². The molecule has 3 unspecified atom stereocenters. The number of phosphoric acid groups is 1. The van der Waals surface area contributed by atoms with Crippen LogP contribution in [0.1, 0.15) is 187 Å². The average Bonchev–Trinajstić information content (AvgIpc) is 3.19. The van der Waals surface area contributed by atoms with E-state index in [0.29, 0.717) is 23.9 Å². The highest BCUT2D eigenvalue weighted by molar-refractivity contribution is 7.47. The van der Waals surface area contributed by atoms with E-state index in [9.17, 15) is 19.4 Å². The molecule has 342 valence electrons. The highest BCUT2D eigenvalue weighted by atomic mass is 31.2. The number of rotatable bonds is 42. The molecule has 3 N–H and O–H groups in total. The molecule has 0 aromatic heterocycles. The Bertz CT molecular complexity index is 1190. The Morgan fingerprint density at radius 1 is 0.593 bits per heavy atom. The molecule has 0 radical (unpaired) electrons. The maximum atomic E-state index is 12.9. The van der Waals surface area contributed by atoms with E-state index in [2.05, 4.69) is 79.9 Å². The minimum atomic E-state index is -4.34. The Morgan fingerprint density at radius 2 is 0.983 bits per heavy atom. The minimum absolute atomic E-state index is 0.0577. The van der Waals surface area contributed by atoms with Crippen molar-refractivity contribution in [3.05, 3.63) is 72.9 Å². The summed E-state index contributed by atoms with van der Waals surface area (Å²) < 4.78 is 23.6. The van der Waals surface area contributed by atoms with E-state index in [-0.39, 0.29) is 25.5 Å². The number of carbonyl (C=O) groups excluding carboxylic acids is 1. The third-order valence-corrected chi connectivity index (χ3v) is 11.2. The fourth-order valence-corrected chi connectivity index (χ4v) is 7.22. The Hall–Kier alpha value is -2.06. The molecule has 59 heavy (non-hydrogen) atoms. The molecule has 0 spiro atoms. The number of aliphatic hydroxyl groups is 1. The largest absolute Gasteiger partial charge is 0.472 e. The second-order valence-electron chi connectivity index (χ2n) is 17.1. The summed E-state index contributed by atoms with van der Waals surface area (Å²) in [5.41, 5.74) is 0. The van der Waals surface area contributed by atoms with Crippen LogP contribution in [-0.2, 0) is 18.4 Å². The summed E-state index contributed by atoms with van der Waals surface area (Å²) in [5, 5.41) is 13.9. The van der Waals surface area contributed by atoms with Crippen LogP contribution in [0.15, 0.2) is 72.9 Å². The first kappa shape index (κ1) is 56.9. The molecule has 9 heteroatoms. The van der Waals surface area contributed by atoms with Gasteiger partial charge in [-0.05, 0) is 51.4 Å². The normalized spacial score (nSPS) is 14.9. The number of phosphoric ester groups is 1. The Labute approximate surface area is 364 Å². The van der Waals surface area contributed by atoms with Crippen molar-refractivity contribution in [3.8, 4) is 0 Å². The van der Waals surface area contributed by atoms with Crippen molar-refractivity contribution in [2.24, 2.45) is 0 Å². The molecule has 0 aliphatic heterocycles. The van der Waals surface area contributed by atoms with Gasteiger partial charge >= 0.3 is 7.82 Å². The van der Waals surface area contributed by atoms with E-state index in [0.717, 1.165) is 57.8 Å². The molecule has 0 saturated carbocycles. The van der Waals surface area contributed by atoms with Crippen LogP contribution in [0.2, 0.25) is 0 Å². The number of quaternary nitrogens is 1. The molecule has 0 aromatic carbocycles. The van der Waals surface area contributed by atoms with Gasteiger partial charge in [-0.3, -0.25) is 13.8 Å². The van der Waals surface area contributed by atoms with Crippen LogP contribution in [0.25, 0.3) is 0 Å². The van der Waals surface area contributed by atoms with Crippen molar-refractivity contribution < 1.29 is 32.9 Å². The van der Waals surface area contributed by atoms with E-state index in [4.69, 9.17) is 9.05 Å². The molecular weight excluding hydrogens is 756 g/mol. The maximum Gasteiger partial charge on any atom is 0.472 e. The van der Waals surface area contributed by atoms with Crippen LogP contribution in [0.3, 0.4) is 0 Å². The van der Waals surface area contributed by atoms with E-state index in [1.54, 1.807) is 0 Å². The van der Waals surface area contributed by atoms with Gasteiger partial charge in [0, 0.05) is 6.42 Å². The highest BCUT2D eigenvalue weighted by Gasteiger charge is 2.28. The molecule has 0 aliphatic rings. The van der Waals surface area contributed by atoms with Crippen LogP contribution in [0, 0.1) is 0 Å². The van der Waals surface area contributed by atoms with Gasteiger partial charge in [-0.2, -0.15) is 0 Å². The Balaban J connectivity index is 4.46. The predicted molar refractivity (Wildman–Crippen MR) is 253 cm³/mol. The van der Waals surface area contributed by atoms with Crippen molar-refractivity contribution in [2.45, 2.75) is 199 Å². The molecule has 0 saturated heterocycles. The Kier molecular flexibility index (Phi) is 39.9. The second-order valence-corrected chi connectivity index (χ2v) is 18.6. The molecule has 0 rings (SSSR count). The second kappa shape index (κ2) is 41.3. The quantitative estimate of drug-likeness (QED) is 0.0245. The number of aliphatic hydroxyl groups excluding tert-OH is 1. The maximum absolute atomic E-state index is 12.9. The number of allylic oxidation sites excluding steroid dienone is 12. The number of amides is 1. The summed E-state index contributed by atoms with van der Waals surface area (Å²) in [6.45, 7) is 4.71. The van der Waals surface area contributed by atoms with Gasteiger partial charge in [0.2, 0.25) is 5.91 Å². The van der Waals surface area contributed by atoms with Crippen molar-refractivity contribution in [3.63, 3.8) is 0 Å². The van der Waals surface area contributed by atoms with Crippen molar-refractivity contribution in [1.29, 1.82) is 0 Å². The van der Waals surface area contributed by atoms with Crippen molar-refractivity contribution in [1.82, 2.24) is 5.32 Å². The summed E-state index contributed by atoms with van der Waals surface area (Å²) in [6, 6.07) is -0.805. The minimum Gasteiger partial charge on any atom is -0.391 e. The smallest absolute Gasteiger partial charge is 0.391 e. The predicted octanol–water partition coefficient (Wildman–Crippen LogP) is 13.6. The van der Waals surface area contributed by atoms with Crippen molar-refractivity contribution >= 4 is 13.7 Å². The van der Waals surface area contributed by atoms with Crippen LogP contribution in [0.5, 0.6) is 0 Å². The van der Waals surface area contributed by atoms with E-state index in [1.165, 1.54) is 96.3 Å². The zero-order valence-electron chi connectivity index (χ0n) is 38.7. The van der Waals surface area contributed by atoms with Crippen LogP contribution >= 0.6 is 7.82 Å². The number of carbonyl (C=O) groups is 1. The number of unbranched alkanes of at least 4 members (excludes halogenated alkanes) is 17. The average molecular weight is 848 g/mol. The molecule has 3 atom stereocenters. The van der Waals surface area contributed by atoms with E-state index in [1.807, 2.05) is 33.3 Å². The fourth-order valence-electron chi connectivity index (χ4n) is 6.48. The molecule has 8 nitrogen and oxygen atoms in total. The number of nitrogens with zero attached hydrogens (tertiary/aromatic N) is 1. The number of likely N-dealkylation sites (N-methyl/N-ethyl adjacent to an activating group) is 1. The summed E-state index contributed by atoms with van der Waals surface area (Å²) in [4.78, 5) is 23.2. The lowest BCUT2D eigenvalue weighted by molar-refractivity contribution is -0.870. The summed E-state index contributed by atoms with van der Waals surface area (Å²) in [5.74, 6) is -0.228. The summed E-state index contributed by atoms with van der Waals surface area (Å²) >= 11 is 0. The SMILES string of the molecule is CC/C=C\C/C=C\C/C=C\C/C=C\C/C=C\C/C=C\CCC(=O)NC(COP(=O)(O)OCC[N+](C)(C)C)C(O)CCCCCCCCCCCCCCCCCCCC. The number of hydrogen-bond donors (Lipinski definition) is 3. The lowest BCUT2D eigenvalue weighted by atomic mass is 10.0. The lowest BCUT2D eigenvalue weighted by Gasteiger charge is -2.26. The zero-order valence-corrected chi connectivity index (χ0v) is 39.6. The molecule has 0 bridgehead atoms. The van der Waals surface area contributed by atoms with Crippen molar-refractivity contribution in [2.75, 3.05) is 40.9 Å². The lowest BCUT2D eigenvalue weighted by Crippen LogP contribution is -2.46. The third-order valence-electron chi connectivity index (χ3n) is 10.2. The molecule has 0 heterocycles. The van der Waals surface area contributed by atoms with Gasteiger partial charge in [-0.15, -0.1) is 0 Å². The van der Waals surface area contributed by atoms with E-state index >= 15 is 0 Å². The van der Waals surface area contributed by atoms with Gasteiger partial charge in [0.1, 0.15) is 13.2 Å². The first-order chi connectivity index (χ1) is 28.5. The summed E-state index contributed by atoms with van der Waals surface area (Å²) in [6.07, 6.45) is 55.2. The molecule has 0 aromatic rings. The molecule has 1 amide bonds. The molecular formula is C50H92N2O6P+. The van der Waals surface area contributed by atoms with E-state index < -0.39 is 20.0 Å².